The van der Waals surface area contributed by atoms with Crippen LogP contribution in [-0.4, -0.2) is 12.5 Å². The fraction of sp³-hybridized carbons (Fsp3) is 0.333. The van der Waals surface area contributed by atoms with Crippen molar-refractivity contribution in [1.29, 1.82) is 0 Å². The van der Waals surface area contributed by atoms with Gasteiger partial charge in [-0.25, -0.2) is 0 Å². The van der Waals surface area contributed by atoms with Gasteiger partial charge in [0.05, 0.1) is 5.56 Å². The summed E-state index contributed by atoms with van der Waals surface area (Å²) in [6.45, 7) is 0. The van der Waals surface area contributed by atoms with E-state index in [1.165, 1.54) is 0 Å². The normalized spacial score (nSPS) is 12.9. The molecule has 1 rings (SSSR count). The van der Waals surface area contributed by atoms with Crippen LogP contribution in [0.3, 0.4) is 0 Å². The van der Waals surface area contributed by atoms with Gasteiger partial charge in [0, 0.05) is 0 Å². The second kappa shape index (κ2) is 4.42. The molecule has 17 heavy (non-hydrogen) atoms. The molecule has 96 valence electrons. The van der Waals surface area contributed by atoms with E-state index in [4.69, 9.17) is 0 Å². The molecule has 0 aliphatic carbocycles. The quantitative estimate of drug-likeness (QED) is 0.749. The first kappa shape index (κ1) is 13.6. The number of para-hydroxylation sites is 1. The van der Waals surface area contributed by atoms with E-state index in [2.05, 4.69) is 4.74 Å². The van der Waals surface area contributed by atoms with Gasteiger partial charge < -0.3 is 4.74 Å². The van der Waals surface area contributed by atoms with Crippen molar-refractivity contribution in [3.8, 4) is 5.75 Å². The predicted octanol–water partition coefficient (Wildman–Crippen LogP) is 3.94. The van der Waals surface area contributed by atoms with Gasteiger partial charge in [-0.15, -0.1) is 0 Å². The summed E-state index contributed by atoms with van der Waals surface area (Å²) < 4.78 is 88.8. The van der Waals surface area contributed by atoms with Gasteiger partial charge in [-0.05, 0) is 12.1 Å². The van der Waals surface area contributed by atoms with Crippen molar-refractivity contribution in [3.63, 3.8) is 0 Å². The molecule has 0 saturated heterocycles. The molecule has 0 spiro atoms. The molecule has 0 aromatic heterocycles. The van der Waals surface area contributed by atoms with Gasteiger partial charge in [-0.2, -0.15) is 30.7 Å². The lowest BCUT2D eigenvalue weighted by atomic mass is 10.2. The monoisotopic (exact) mass is 262 g/mol. The molecule has 8 heteroatoms. The number of halogens is 7. The van der Waals surface area contributed by atoms with Crippen LogP contribution in [0.2, 0.25) is 0 Å². The lowest BCUT2D eigenvalue weighted by Gasteiger charge is -2.19. The van der Waals surface area contributed by atoms with Gasteiger partial charge in [0.25, 0.3) is 0 Å². The smallest absolute Gasteiger partial charge is 0.428 e. The maximum absolute atomic E-state index is 12.5. The molecule has 0 aliphatic rings. The lowest BCUT2D eigenvalue weighted by molar-refractivity contribution is -0.255. The molecule has 0 atom stereocenters. The first-order valence-corrected chi connectivity index (χ1v) is 4.16. The standard InChI is InChI=1S/C9H5F7O/c10-7(11)9(15,16)17-6-4-2-1-3-5(6)8(12,13)14/h1-4,7H. The number of hydrogen-bond donors (Lipinski definition) is 0. The topological polar surface area (TPSA) is 9.23 Å². The molecular formula is C9H5F7O. The van der Waals surface area contributed by atoms with Crippen LogP contribution in [0.5, 0.6) is 5.75 Å². The zero-order valence-corrected chi connectivity index (χ0v) is 7.94. The Morgan fingerprint density at radius 3 is 1.94 bits per heavy atom. The summed E-state index contributed by atoms with van der Waals surface area (Å²) in [4.78, 5) is 0. The Bertz CT molecular complexity index is 385. The summed E-state index contributed by atoms with van der Waals surface area (Å²) in [7, 11) is 0. The van der Waals surface area contributed by atoms with E-state index in [0.717, 1.165) is 12.1 Å². The Hall–Kier alpha value is -1.47. The minimum Gasteiger partial charge on any atom is -0.428 e. The minimum atomic E-state index is -4.97. The number of hydrogen-bond acceptors (Lipinski definition) is 1. The zero-order chi connectivity index (χ0) is 13.3. The highest BCUT2D eigenvalue weighted by Crippen LogP contribution is 2.38. The van der Waals surface area contributed by atoms with E-state index in [1.807, 2.05) is 0 Å². The molecule has 0 radical (unpaired) electrons. The van der Waals surface area contributed by atoms with Crippen molar-refractivity contribution in [3.05, 3.63) is 29.8 Å². The van der Waals surface area contributed by atoms with Crippen LogP contribution < -0.4 is 4.74 Å². The van der Waals surface area contributed by atoms with Crippen molar-refractivity contribution in [2.45, 2.75) is 18.7 Å². The Labute approximate surface area is 90.8 Å². The second-order valence-corrected chi connectivity index (χ2v) is 2.96. The van der Waals surface area contributed by atoms with Gasteiger partial charge in [-0.1, -0.05) is 12.1 Å². The molecule has 0 amide bonds. The Morgan fingerprint density at radius 2 is 1.47 bits per heavy atom. The second-order valence-electron chi connectivity index (χ2n) is 2.96. The van der Waals surface area contributed by atoms with Crippen LogP contribution in [0.1, 0.15) is 5.56 Å². The van der Waals surface area contributed by atoms with E-state index >= 15 is 0 Å². The molecule has 0 aliphatic heterocycles. The van der Waals surface area contributed by atoms with Crippen molar-refractivity contribution < 1.29 is 35.5 Å². The largest absolute Gasteiger partial charge is 0.461 e. The van der Waals surface area contributed by atoms with Gasteiger partial charge >= 0.3 is 18.7 Å². The van der Waals surface area contributed by atoms with Crippen LogP contribution in [0.25, 0.3) is 0 Å². The third kappa shape index (κ3) is 3.24. The maximum Gasteiger partial charge on any atom is 0.461 e. The van der Waals surface area contributed by atoms with Crippen LogP contribution in [0.15, 0.2) is 24.3 Å². The van der Waals surface area contributed by atoms with Gasteiger partial charge in [-0.3, -0.25) is 0 Å². The highest BCUT2D eigenvalue weighted by molar-refractivity contribution is 5.35. The molecule has 0 bridgehead atoms. The average Bonchev–Trinajstić information content (AvgIpc) is 2.15. The van der Waals surface area contributed by atoms with E-state index in [9.17, 15) is 30.7 Å². The highest BCUT2D eigenvalue weighted by atomic mass is 19.4. The highest BCUT2D eigenvalue weighted by Gasteiger charge is 2.46. The van der Waals surface area contributed by atoms with E-state index in [0.29, 0.717) is 12.1 Å². The molecular weight excluding hydrogens is 257 g/mol. The third-order valence-corrected chi connectivity index (χ3v) is 1.69. The average molecular weight is 262 g/mol. The predicted molar refractivity (Wildman–Crippen MR) is 43.0 cm³/mol. The molecule has 0 heterocycles. The van der Waals surface area contributed by atoms with Crippen LogP contribution in [0.4, 0.5) is 30.7 Å². The number of rotatable bonds is 3. The zero-order valence-electron chi connectivity index (χ0n) is 7.94. The van der Waals surface area contributed by atoms with Crippen molar-refractivity contribution in [1.82, 2.24) is 0 Å². The molecule has 1 aromatic carbocycles. The Morgan fingerprint density at radius 1 is 0.941 bits per heavy atom. The van der Waals surface area contributed by atoms with Gasteiger partial charge in [0.15, 0.2) is 0 Å². The minimum absolute atomic E-state index is 0.455. The van der Waals surface area contributed by atoms with Crippen LogP contribution in [0, 0.1) is 0 Å². The first-order valence-electron chi connectivity index (χ1n) is 4.16. The van der Waals surface area contributed by atoms with E-state index in [1.54, 1.807) is 0 Å². The van der Waals surface area contributed by atoms with Gasteiger partial charge in [0.1, 0.15) is 5.75 Å². The molecule has 1 nitrogen and oxygen atoms in total. The summed E-state index contributed by atoms with van der Waals surface area (Å²) in [6.07, 6.45) is -14.2. The molecule has 0 fully saturated rings. The molecule has 0 saturated carbocycles. The van der Waals surface area contributed by atoms with Crippen molar-refractivity contribution in [2.24, 2.45) is 0 Å². The number of ether oxygens (including phenoxy) is 1. The fourth-order valence-electron chi connectivity index (χ4n) is 0.981. The maximum atomic E-state index is 12.5. The summed E-state index contributed by atoms with van der Waals surface area (Å²) in [6, 6.07) is 2.89. The summed E-state index contributed by atoms with van der Waals surface area (Å²) in [5.41, 5.74) is -1.54. The molecule has 0 N–H and O–H groups in total. The molecule has 0 unspecified atom stereocenters. The Kier molecular flexibility index (Phi) is 3.53. The summed E-state index contributed by atoms with van der Waals surface area (Å²) in [5.74, 6) is -1.34. The molecule has 1 aromatic rings. The van der Waals surface area contributed by atoms with E-state index < -0.39 is 30.0 Å². The Balaban J connectivity index is 3.08. The number of benzene rings is 1. The third-order valence-electron chi connectivity index (χ3n) is 1.69. The van der Waals surface area contributed by atoms with Gasteiger partial charge in [0.2, 0.25) is 0 Å². The van der Waals surface area contributed by atoms with Crippen LogP contribution in [-0.2, 0) is 6.18 Å². The number of alkyl halides is 7. The van der Waals surface area contributed by atoms with E-state index in [-0.39, 0.29) is 0 Å². The first-order chi connectivity index (χ1) is 7.64. The van der Waals surface area contributed by atoms with Crippen molar-refractivity contribution in [2.75, 3.05) is 0 Å². The SMILES string of the molecule is FC(F)C(F)(F)Oc1ccccc1C(F)(F)F. The lowest BCUT2D eigenvalue weighted by Crippen LogP contribution is -2.34. The summed E-state index contributed by atoms with van der Waals surface area (Å²) in [5, 5.41) is 0. The van der Waals surface area contributed by atoms with Crippen molar-refractivity contribution >= 4 is 0 Å². The fourth-order valence-corrected chi connectivity index (χ4v) is 0.981. The van der Waals surface area contributed by atoms with Crippen LogP contribution >= 0.6 is 0 Å². The summed E-state index contributed by atoms with van der Waals surface area (Å²) >= 11 is 0.